The van der Waals surface area contributed by atoms with Crippen molar-refractivity contribution in [3.8, 4) is 5.69 Å². The SMILES string of the molecule is Cc1c([C@H](C)n2c(=O)c(C(=O)O)cn(-c3ccc4c(c3)oc(=O)n4C)c2=O)cccc1C(F)(F)F. The smallest absolute Gasteiger partial charge is 0.419 e. The Kier molecular flexibility index (Phi) is 5.54. The monoisotopic (exact) mass is 489 g/mol. The summed E-state index contributed by atoms with van der Waals surface area (Å²) in [5.41, 5.74) is -3.43. The van der Waals surface area contributed by atoms with Gasteiger partial charge < -0.3 is 9.52 Å². The molecule has 0 aliphatic rings. The number of hydrogen-bond donors (Lipinski definition) is 1. The Labute approximate surface area is 193 Å². The molecule has 0 saturated carbocycles. The molecule has 9 nitrogen and oxygen atoms in total. The topological polar surface area (TPSA) is 116 Å². The van der Waals surface area contributed by atoms with Gasteiger partial charge in [-0.25, -0.2) is 14.4 Å². The quantitative estimate of drug-likeness (QED) is 0.471. The first kappa shape index (κ1) is 23.8. The molecule has 0 radical (unpaired) electrons. The van der Waals surface area contributed by atoms with E-state index in [9.17, 15) is 37.5 Å². The van der Waals surface area contributed by atoms with Crippen molar-refractivity contribution in [3.63, 3.8) is 0 Å². The minimum atomic E-state index is -4.66. The number of alkyl halides is 3. The van der Waals surface area contributed by atoms with E-state index in [1.807, 2.05) is 0 Å². The summed E-state index contributed by atoms with van der Waals surface area (Å²) >= 11 is 0. The molecular formula is C23H18F3N3O6. The third kappa shape index (κ3) is 3.86. The zero-order chi connectivity index (χ0) is 25.8. The van der Waals surface area contributed by atoms with Crippen LogP contribution in [-0.4, -0.2) is 24.8 Å². The first-order chi connectivity index (χ1) is 16.3. The Morgan fingerprint density at radius 1 is 1.11 bits per heavy atom. The van der Waals surface area contributed by atoms with E-state index in [4.69, 9.17) is 4.42 Å². The van der Waals surface area contributed by atoms with Gasteiger partial charge in [0.15, 0.2) is 5.58 Å². The van der Waals surface area contributed by atoms with E-state index in [0.717, 1.165) is 22.9 Å². The van der Waals surface area contributed by atoms with Crippen molar-refractivity contribution in [2.75, 3.05) is 0 Å². The van der Waals surface area contributed by atoms with Gasteiger partial charge in [-0.3, -0.25) is 18.5 Å². The highest BCUT2D eigenvalue weighted by Crippen LogP contribution is 2.34. The number of carbonyl (C=O) groups is 1. The second-order valence-electron chi connectivity index (χ2n) is 7.95. The minimum absolute atomic E-state index is 0.0256. The van der Waals surface area contributed by atoms with Gasteiger partial charge in [0.05, 0.1) is 22.8 Å². The number of fused-ring (bicyclic) bond motifs is 1. The van der Waals surface area contributed by atoms with Crippen molar-refractivity contribution in [1.82, 2.24) is 13.7 Å². The maximum atomic E-state index is 13.4. The Hall–Kier alpha value is -4.35. The molecule has 0 fully saturated rings. The second kappa shape index (κ2) is 8.15. The van der Waals surface area contributed by atoms with Crippen molar-refractivity contribution in [1.29, 1.82) is 0 Å². The van der Waals surface area contributed by atoms with Gasteiger partial charge in [-0.1, -0.05) is 12.1 Å². The third-order valence-corrected chi connectivity index (χ3v) is 5.92. The van der Waals surface area contributed by atoms with E-state index in [0.29, 0.717) is 10.1 Å². The maximum absolute atomic E-state index is 13.4. The molecule has 0 saturated heterocycles. The van der Waals surface area contributed by atoms with Crippen LogP contribution in [0.2, 0.25) is 0 Å². The number of oxazole rings is 1. The molecule has 182 valence electrons. The number of aromatic nitrogens is 3. The first-order valence-electron chi connectivity index (χ1n) is 10.2. The Balaban J connectivity index is 1.99. The Morgan fingerprint density at radius 2 is 1.80 bits per heavy atom. The van der Waals surface area contributed by atoms with E-state index in [2.05, 4.69) is 0 Å². The van der Waals surface area contributed by atoms with Crippen LogP contribution in [0, 0.1) is 6.92 Å². The van der Waals surface area contributed by atoms with Gasteiger partial charge >= 0.3 is 23.6 Å². The van der Waals surface area contributed by atoms with Gasteiger partial charge in [0.25, 0.3) is 5.56 Å². The zero-order valence-corrected chi connectivity index (χ0v) is 18.6. The van der Waals surface area contributed by atoms with Crippen LogP contribution >= 0.6 is 0 Å². The molecule has 1 atom stereocenters. The van der Waals surface area contributed by atoms with Crippen molar-refractivity contribution < 1.29 is 27.5 Å². The van der Waals surface area contributed by atoms with E-state index in [1.165, 1.54) is 49.7 Å². The van der Waals surface area contributed by atoms with Crippen LogP contribution in [0.4, 0.5) is 13.2 Å². The van der Waals surface area contributed by atoms with Crippen LogP contribution in [0.25, 0.3) is 16.8 Å². The molecule has 0 aliphatic heterocycles. The number of hydrogen-bond acceptors (Lipinski definition) is 5. The van der Waals surface area contributed by atoms with Crippen LogP contribution in [0.1, 0.15) is 40.0 Å². The lowest BCUT2D eigenvalue weighted by molar-refractivity contribution is -0.138. The summed E-state index contributed by atoms with van der Waals surface area (Å²) in [7, 11) is 1.47. The van der Waals surface area contributed by atoms with Crippen molar-refractivity contribution in [2.45, 2.75) is 26.1 Å². The largest absolute Gasteiger partial charge is 0.477 e. The average molecular weight is 489 g/mol. The number of nitrogens with zero attached hydrogens (tertiary/aromatic N) is 3. The summed E-state index contributed by atoms with van der Waals surface area (Å²) in [6.07, 6.45) is -3.83. The summed E-state index contributed by atoms with van der Waals surface area (Å²) in [4.78, 5) is 50.0. The Morgan fingerprint density at radius 3 is 2.43 bits per heavy atom. The first-order valence-corrected chi connectivity index (χ1v) is 10.2. The molecule has 0 unspecified atom stereocenters. The standard InChI is InChI=1S/C23H18F3N3O6/c1-11-14(5-4-6-16(11)23(24,25)26)12(2)29-19(30)15(20(31)32)10-28(21(29)33)13-7-8-17-18(9-13)35-22(34)27(17)3/h4-10,12H,1-3H3,(H,31,32)/t12-/m0/s1. The number of carboxylic acid groups (broad SMARTS) is 1. The number of halogens is 3. The van der Waals surface area contributed by atoms with E-state index in [-0.39, 0.29) is 22.4 Å². The number of carboxylic acids is 1. The molecule has 2 aromatic carbocycles. The summed E-state index contributed by atoms with van der Waals surface area (Å²) in [5, 5.41) is 9.58. The molecule has 0 bridgehead atoms. The lowest BCUT2D eigenvalue weighted by Crippen LogP contribution is -2.43. The zero-order valence-electron chi connectivity index (χ0n) is 18.6. The molecule has 4 aromatic rings. The van der Waals surface area contributed by atoms with Gasteiger partial charge in [-0.05, 0) is 43.2 Å². The van der Waals surface area contributed by atoms with Gasteiger partial charge in [0.1, 0.15) is 5.56 Å². The van der Waals surface area contributed by atoms with Crippen LogP contribution < -0.4 is 17.0 Å². The van der Waals surface area contributed by atoms with Crippen LogP contribution in [0.5, 0.6) is 0 Å². The number of aromatic carboxylic acids is 1. The fraction of sp³-hybridized carbons (Fsp3) is 0.217. The molecule has 0 spiro atoms. The summed E-state index contributed by atoms with van der Waals surface area (Å²) < 4.78 is 48.1. The van der Waals surface area contributed by atoms with Crippen LogP contribution in [0.15, 0.2) is 61.4 Å². The molecule has 12 heteroatoms. The lowest BCUT2D eigenvalue weighted by Gasteiger charge is -2.21. The fourth-order valence-corrected chi connectivity index (χ4v) is 4.07. The van der Waals surface area contributed by atoms with E-state index < -0.39 is 46.3 Å². The molecule has 4 rings (SSSR count). The van der Waals surface area contributed by atoms with Gasteiger partial charge in [0, 0.05) is 19.3 Å². The molecule has 35 heavy (non-hydrogen) atoms. The predicted molar refractivity (Wildman–Crippen MR) is 118 cm³/mol. The van der Waals surface area contributed by atoms with Crippen molar-refractivity contribution in [2.24, 2.45) is 7.05 Å². The lowest BCUT2D eigenvalue weighted by atomic mass is 9.97. The molecule has 0 amide bonds. The summed E-state index contributed by atoms with van der Waals surface area (Å²) in [6.45, 7) is 2.55. The second-order valence-corrected chi connectivity index (χ2v) is 7.95. The highest BCUT2D eigenvalue weighted by Gasteiger charge is 2.34. The van der Waals surface area contributed by atoms with Gasteiger partial charge in [0.2, 0.25) is 0 Å². The summed E-state index contributed by atoms with van der Waals surface area (Å²) in [6, 6.07) is 6.34. The van der Waals surface area contributed by atoms with E-state index >= 15 is 0 Å². The van der Waals surface area contributed by atoms with Crippen LogP contribution in [-0.2, 0) is 13.2 Å². The molecule has 2 aromatic heterocycles. The number of aryl methyl sites for hydroxylation is 1. The highest BCUT2D eigenvalue weighted by molar-refractivity contribution is 5.87. The van der Waals surface area contributed by atoms with E-state index in [1.54, 1.807) is 0 Å². The fourth-order valence-electron chi connectivity index (χ4n) is 4.07. The van der Waals surface area contributed by atoms with Crippen molar-refractivity contribution >= 4 is 17.1 Å². The average Bonchev–Trinajstić information content (AvgIpc) is 3.05. The maximum Gasteiger partial charge on any atom is 0.419 e. The molecule has 1 N–H and O–H groups in total. The van der Waals surface area contributed by atoms with Gasteiger partial charge in [-0.2, -0.15) is 13.2 Å². The molecular weight excluding hydrogens is 471 g/mol. The number of benzene rings is 2. The van der Waals surface area contributed by atoms with Crippen LogP contribution in [0.3, 0.4) is 0 Å². The predicted octanol–water partition coefficient (Wildman–Crippen LogP) is 3.08. The van der Waals surface area contributed by atoms with Gasteiger partial charge in [-0.15, -0.1) is 0 Å². The Bertz CT molecular complexity index is 1670. The molecule has 2 heterocycles. The highest BCUT2D eigenvalue weighted by atomic mass is 19.4. The normalized spacial score (nSPS) is 12.7. The minimum Gasteiger partial charge on any atom is -0.477 e. The third-order valence-electron chi connectivity index (χ3n) is 5.92. The molecule has 0 aliphatic carbocycles. The van der Waals surface area contributed by atoms with Crippen molar-refractivity contribution in [3.05, 3.63) is 96.2 Å². The summed E-state index contributed by atoms with van der Waals surface area (Å²) in [5.74, 6) is -2.29. The number of rotatable bonds is 4.